The molecule has 0 amide bonds. The van der Waals surface area contributed by atoms with E-state index in [4.69, 9.17) is 19.9 Å². The van der Waals surface area contributed by atoms with Crippen molar-refractivity contribution in [1.29, 1.82) is 0 Å². The van der Waals surface area contributed by atoms with Gasteiger partial charge < -0.3 is 9.13 Å². The molecular formula is C98H64N8. The Morgan fingerprint density at radius 1 is 0.151 bits per heavy atom. The molecule has 8 heteroatoms. The highest BCUT2D eigenvalue weighted by atomic mass is 15.2. The van der Waals surface area contributed by atoms with Crippen LogP contribution in [0.4, 0.5) is 0 Å². The van der Waals surface area contributed by atoms with Gasteiger partial charge in [0.1, 0.15) is 0 Å². The van der Waals surface area contributed by atoms with E-state index in [2.05, 4.69) is 400 Å². The van der Waals surface area contributed by atoms with Gasteiger partial charge in [0.25, 0.3) is 0 Å². The fourth-order valence-electron chi connectivity index (χ4n) is 15.9. The lowest BCUT2D eigenvalue weighted by Crippen LogP contribution is -2.04. The van der Waals surface area contributed by atoms with Crippen LogP contribution in [0.25, 0.3) is 189 Å². The third-order valence-electron chi connectivity index (χ3n) is 20.7. The summed E-state index contributed by atoms with van der Waals surface area (Å²) < 4.78 is 9.25. The largest absolute Gasteiger partial charge is 0.309 e. The highest BCUT2D eigenvalue weighted by molar-refractivity contribution is 6.30. The molecule has 0 aliphatic carbocycles. The second kappa shape index (κ2) is 25.9. The summed E-state index contributed by atoms with van der Waals surface area (Å²) >= 11 is 0. The molecule has 0 bridgehead atoms. The summed E-state index contributed by atoms with van der Waals surface area (Å²) in [4.78, 5) is 21.4. The second-order valence-corrected chi connectivity index (χ2v) is 26.9. The standard InChI is InChI=1S/C52H34N4.C46H30N4/c1-4-14-35(15-5-1)37-24-28-39(29-25-37)44-34-45(40-30-26-38(27-31-40)36-16-6-2-7-17-36)54-52(53-44)56-47-23-13-11-21-43(47)51-49(56)33-32-48-50(51)42-20-10-12-22-46(42)55(48)41-18-8-3-9-19-41;1-4-15-31(16-5-1)33-19-14-20-34(29-33)39-30-38(32-17-6-2-7-18-32)47-46(48-39)50-41-26-13-11-24-37(41)45-43(50)28-27-42-44(45)36-23-10-12-25-40(36)49(42)35-21-8-3-9-22-35/h1-34H;1-30H. The van der Waals surface area contributed by atoms with Gasteiger partial charge >= 0.3 is 0 Å². The number of rotatable bonds is 11. The molecule has 21 rings (SSSR count). The summed E-state index contributed by atoms with van der Waals surface area (Å²) in [6.45, 7) is 0. The fourth-order valence-corrected chi connectivity index (χ4v) is 15.9. The van der Waals surface area contributed by atoms with Crippen LogP contribution in [0.5, 0.6) is 0 Å². The van der Waals surface area contributed by atoms with Crippen molar-refractivity contribution in [3.8, 4) is 102 Å². The zero-order chi connectivity index (χ0) is 70.0. The minimum Gasteiger partial charge on any atom is -0.309 e. The molecule has 0 saturated carbocycles. The monoisotopic (exact) mass is 1350 g/mol. The van der Waals surface area contributed by atoms with Gasteiger partial charge in [0.2, 0.25) is 11.9 Å². The van der Waals surface area contributed by atoms with Crippen molar-refractivity contribution in [3.05, 3.63) is 388 Å². The third-order valence-corrected chi connectivity index (χ3v) is 20.7. The van der Waals surface area contributed by atoms with Crippen LogP contribution < -0.4 is 0 Å². The lowest BCUT2D eigenvalue weighted by Gasteiger charge is -2.13. The van der Waals surface area contributed by atoms with Crippen molar-refractivity contribution in [2.45, 2.75) is 0 Å². The van der Waals surface area contributed by atoms with E-state index < -0.39 is 0 Å². The zero-order valence-corrected chi connectivity index (χ0v) is 57.5. The van der Waals surface area contributed by atoms with Crippen LogP contribution in [0, 0.1) is 0 Å². The first-order valence-corrected chi connectivity index (χ1v) is 35.9. The van der Waals surface area contributed by atoms with Gasteiger partial charge in [-0.3, -0.25) is 9.13 Å². The molecule has 0 saturated heterocycles. The van der Waals surface area contributed by atoms with Crippen LogP contribution in [0.3, 0.4) is 0 Å². The van der Waals surface area contributed by atoms with Crippen LogP contribution in [-0.4, -0.2) is 38.2 Å². The van der Waals surface area contributed by atoms with Crippen LogP contribution in [0.1, 0.15) is 0 Å². The summed E-state index contributed by atoms with van der Waals surface area (Å²) in [5, 5.41) is 9.62. The first-order chi connectivity index (χ1) is 52.6. The molecule has 0 atom stereocenters. The Bertz CT molecular complexity index is 6780. The Balaban J connectivity index is 0.000000141. The molecule has 15 aromatic carbocycles. The average molecular weight is 1350 g/mol. The van der Waals surface area contributed by atoms with Gasteiger partial charge in [0.05, 0.1) is 66.9 Å². The lowest BCUT2D eigenvalue weighted by molar-refractivity contribution is 0.995. The van der Waals surface area contributed by atoms with E-state index in [-0.39, 0.29) is 0 Å². The predicted octanol–water partition coefficient (Wildman–Crippen LogP) is 25.0. The number of nitrogens with zero attached hydrogens (tertiary/aromatic N) is 8. The highest BCUT2D eigenvalue weighted by Gasteiger charge is 2.25. The molecule has 0 aliphatic rings. The molecule has 106 heavy (non-hydrogen) atoms. The number of hydrogen-bond donors (Lipinski definition) is 0. The molecule has 0 N–H and O–H groups in total. The molecule has 21 aromatic rings. The minimum atomic E-state index is 0.633. The normalized spacial score (nSPS) is 11.6. The summed E-state index contributed by atoms with van der Waals surface area (Å²) in [6.07, 6.45) is 0. The molecule has 0 spiro atoms. The molecule has 496 valence electrons. The summed E-state index contributed by atoms with van der Waals surface area (Å²) in [5.74, 6) is 1.28. The van der Waals surface area contributed by atoms with E-state index in [1.54, 1.807) is 0 Å². The zero-order valence-electron chi connectivity index (χ0n) is 57.5. The van der Waals surface area contributed by atoms with Crippen molar-refractivity contribution < 1.29 is 0 Å². The maximum atomic E-state index is 5.38. The van der Waals surface area contributed by atoms with Crippen molar-refractivity contribution in [2.24, 2.45) is 0 Å². The van der Waals surface area contributed by atoms with E-state index in [1.165, 1.54) is 93.0 Å². The van der Waals surface area contributed by atoms with Gasteiger partial charge in [-0.15, -0.1) is 0 Å². The number of fused-ring (bicyclic) bond motifs is 14. The molecule has 0 fully saturated rings. The molecule has 6 aromatic heterocycles. The smallest absolute Gasteiger partial charge is 0.235 e. The SMILES string of the molecule is c1ccc(-c2ccc(-c3cc(-c4ccc(-c5ccccc5)cc4)nc(-n4c5ccccc5c5c6c7ccccc7n(-c7ccccc7)c6ccc54)n3)cc2)cc1.c1ccc(-c2cccc(-c3cc(-c4ccccc4)nc(-n4c5ccccc5c5c6c7ccccc7n(-c7ccccc7)c6ccc54)n3)c2)cc1. The Morgan fingerprint density at radius 2 is 0.387 bits per heavy atom. The number of hydrogen-bond acceptors (Lipinski definition) is 4. The Labute approximate surface area is 611 Å². The van der Waals surface area contributed by atoms with E-state index in [0.29, 0.717) is 11.9 Å². The quantitative estimate of drug-likeness (QED) is 0.129. The van der Waals surface area contributed by atoms with Crippen LogP contribution >= 0.6 is 0 Å². The van der Waals surface area contributed by atoms with Crippen LogP contribution in [-0.2, 0) is 0 Å². The van der Waals surface area contributed by atoms with E-state index in [1.807, 2.05) is 6.07 Å². The van der Waals surface area contributed by atoms with Gasteiger partial charge in [-0.05, 0) is 124 Å². The van der Waals surface area contributed by atoms with Gasteiger partial charge in [-0.2, -0.15) is 0 Å². The highest BCUT2D eigenvalue weighted by Crippen LogP contribution is 2.45. The maximum Gasteiger partial charge on any atom is 0.235 e. The van der Waals surface area contributed by atoms with Gasteiger partial charge in [0.15, 0.2) is 0 Å². The molecule has 6 heterocycles. The first kappa shape index (κ1) is 61.5. The first-order valence-electron chi connectivity index (χ1n) is 35.9. The second-order valence-electron chi connectivity index (χ2n) is 26.9. The summed E-state index contributed by atoms with van der Waals surface area (Å²) in [5.41, 5.74) is 25.9. The van der Waals surface area contributed by atoms with E-state index >= 15 is 0 Å². The van der Waals surface area contributed by atoms with Crippen molar-refractivity contribution in [2.75, 3.05) is 0 Å². The van der Waals surface area contributed by atoms with Gasteiger partial charge in [-0.25, -0.2) is 19.9 Å². The summed E-state index contributed by atoms with van der Waals surface area (Å²) in [6, 6.07) is 137. The number of aromatic nitrogens is 8. The predicted molar refractivity (Wildman–Crippen MR) is 439 cm³/mol. The van der Waals surface area contributed by atoms with Crippen LogP contribution in [0.15, 0.2) is 388 Å². The Hall–Kier alpha value is -14.3. The molecular weight excluding hydrogens is 1290 g/mol. The van der Waals surface area contributed by atoms with Gasteiger partial charge in [0, 0.05) is 76.7 Å². The number of para-hydroxylation sites is 6. The molecule has 0 radical (unpaired) electrons. The molecule has 0 unspecified atom stereocenters. The average Bonchev–Trinajstić information content (AvgIpc) is 1.55. The van der Waals surface area contributed by atoms with Gasteiger partial charge in [-0.1, -0.05) is 297 Å². The Kier molecular flexibility index (Phi) is 15.0. The summed E-state index contributed by atoms with van der Waals surface area (Å²) in [7, 11) is 0. The number of benzene rings is 15. The van der Waals surface area contributed by atoms with E-state index in [9.17, 15) is 0 Å². The van der Waals surface area contributed by atoms with Crippen molar-refractivity contribution >= 4 is 87.2 Å². The lowest BCUT2D eigenvalue weighted by atomic mass is 10.0. The van der Waals surface area contributed by atoms with E-state index in [0.717, 1.165) is 84.0 Å². The topological polar surface area (TPSA) is 71.3 Å². The molecule has 8 nitrogen and oxygen atoms in total. The third kappa shape index (κ3) is 10.6. The van der Waals surface area contributed by atoms with Crippen molar-refractivity contribution in [3.63, 3.8) is 0 Å². The maximum absolute atomic E-state index is 5.38. The fraction of sp³-hybridized carbons (Fsp3) is 0. The molecule has 0 aliphatic heterocycles. The Morgan fingerprint density at radius 3 is 0.745 bits per heavy atom. The minimum absolute atomic E-state index is 0.633. The van der Waals surface area contributed by atoms with Crippen molar-refractivity contribution in [1.82, 2.24) is 38.2 Å². The van der Waals surface area contributed by atoms with Crippen LogP contribution in [0.2, 0.25) is 0 Å².